The van der Waals surface area contributed by atoms with Gasteiger partial charge in [-0.2, -0.15) is 0 Å². The van der Waals surface area contributed by atoms with Gasteiger partial charge in [-0.1, -0.05) is 19.9 Å². The van der Waals surface area contributed by atoms with E-state index in [1.807, 2.05) is 25.1 Å². The second kappa shape index (κ2) is 9.93. The number of thiocarbonyl (C=S) groups is 1. The number of aryl methyl sites for hydroxylation is 1. The molecule has 0 saturated heterocycles. The molecule has 0 radical (unpaired) electrons. The number of fused-ring (bicyclic) bond motifs is 1. The fourth-order valence-corrected chi connectivity index (χ4v) is 3.45. The van der Waals surface area contributed by atoms with Crippen molar-refractivity contribution in [3.63, 3.8) is 0 Å². The number of ether oxygens (including phenoxy) is 1. The number of nitrogens with one attached hydrogen (secondary N) is 2. The third-order valence-corrected chi connectivity index (χ3v) is 5.16. The Kier molecular flexibility index (Phi) is 6.79. The van der Waals surface area contributed by atoms with Gasteiger partial charge in [-0.25, -0.2) is 4.98 Å². The number of carbonyl (C=O) groups is 1. The van der Waals surface area contributed by atoms with Crippen LogP contribution in [0.15, 0.2) is 65.1 Å². The van der Waals surface area contributed by atoms with Gasteiger partial charge in [0.05, 0.1) is 12.2 Å². The molecule has 1 amide bonds. The van der Waals surface area contributed by atoms with E-state index in [-0.39, 0.29) is 22.7 Å². The normalized spacial score (nSPS) is 10.9. The highest BCUT2D eigenvalue weighted by atomic mass is 32.1. The minimum atomic E-state index is -0.346. The number of hydrogen-bond acceptors (Lipinski definition) is 6. The van der Waals surface area contributed by atoms with Gasteiger partial charge in [0.1, 0.15) is 17.0 Å². The van der Waals surface area contributed by atoms with Crippen molar-refractivity contribution >= 4 is 40.0 Å². The van der Waals surface area contributed by atoms with E-state index in [0.29, 0.717) is 46.2 Å². The number of phenols is 1. The molecule has 7 nitrogen and oxygen atoms in total. The van der Waals surface area contributed by atoms with Gasteiger partial charge in [-0.3, -0.25) is 10.1 Å². The lowest BCUT2D eigenvalue weighted by Crippen LogP contribution is -2.34. The summed E-state index contributed by atoms with van der Waals surface area (Å²) in [6.07, 6.45) is 0. The Labute approximate surface area is 202 Å². The van der Waals surface area contributed by atoms with Crippen LogP contribution >= 0.6 is 12.2 Å². The predicted molar refractivity (Wildman–Crippen MR) is 136 cm³/mol. The van der Waals surface area contributed by atoms with Crippen LogP contribution in [0.1, 0.15) is 29.8 Å². The summed E-state index contributed by atoms with van der Waals surface area (Å²) >= 11 is 5.30. The maximum absolute atomic E-state index is 12.5. The summed E-state index contributed by atoms with van der Waals surface area (Å²) < 4.78 is 11.5. The zero-order valence-electron chi connectivity index (χ0n) is 19.1. The first-order valence-electron chi connectivity index (χ1n) is 10.8. The molecule has 1 heterocycles. The predicted octanol–water partition coefficient (Wildman–Crippen LogP) is 5.67. The van der Waals surface area contributed by atoms with Crippen molar-refractivity contribution in [3.05, 3.63) is 71.8 Å². The van der Waals surface area contributed by atoms with Crippen LogP contribution in [-0.2, 0) is 0 Å². The molecule has 174 valence electrons. The van der Waals surface area contributed by atoms with E-state index >= 15 is 0 Å². The number of anilines is 1. The highest BCUT2D eigenvalue weighted by Crippen LogP contribution is 2.33. The Morgan fingerprint density at radius 2 is 1.88 bits per heavy atom. The van der Waals surface area contributed by atoms with Crippen LogP contribution in [0.25, 0.3) is 22.6 Å². The van der Waals surface area contributed by atoms with Crippen molar-refractivity contribution in [2.45, 2.75) is 20.8 Å². The number of phenolic OH excluding ortho intramolecular Hbond substituents is 1. The van der Waals surface area contributed by atoms with Gasteiger partial charge in [0, 0.05) is 11.3 Å². The molecule has 3 aromatic carbocycles. The molecule has 0 spiro atoms. The van der Waals surface area contributed by atoms with Crippen LogP contribution in [0.2, 0.25) is 0 Å². The lowest BCUT2D eigenvalue weighted by molar-refractivity contribution is 0.0977. The summed E-state index contributed by atoms with van der Waals surface area (Å²) in [5.41, 5.74) is 3.81. The van der Waals surface area contributed by atoms with Gasteiger partial charge in [-0.15, -0.1) is 0 Å². The van der Waals surface area contributed by atoms with Crippen LogP contribution in [0.5, 0.6) is 11.5 Å². The number of oxazole rings is 1. The molecule has 0 fully saturated rings. The highest BCUT2D eigenvalue weighted by molar-refractivity contribution is 7.80. The fourth-order valence-electron chi connectivity index (χ4n) is 3.24. The molecule has 1 aromatic heterocycles. The Balaban J connectivity index is 1.43. The molecule has 0 bridgehead atoms. The van der Waals surface area contributed by atoms with E-state index in [1.54, 1.807) is 36.4 Å². The molecule has 0 atom stereocenters. The standard InChI is InChI=1S/C26H25N3O4S/c1-15(2)14-32-19-8-5-17(6-9-19)24(31)29-26(34)27-18-7-11-22(30)20(13-18)25-28-21-10-4-16(3)12-23(21)33-25/h4-13,15,30H,14H2,1-3H3,(H2,27,29,31,34). The molecule has 4 rings (SSSR count). The zero-order chi connectivity index (χ0) is 24.2. The lowest BCUT2D eigenvalue weighted by atomic mass is 10.1. The third-order valence-electron chi connectivity index (χ3n) is 4.96. The van der Waals surface area contributed by atoms with Crippen molar-refractivity contribution in [1.82, 2.24) is 10.3 Å². The third kappa shape index (κ3) is 5.52. The van der Waals surface area contributed by atoms with Gasteiger partial charge in [-0.05, 0) is 85.2 Å². The topological polar surface area (TPSA) is 96.6 Å². The summed E-state index contributed by atoms with van der Waals surface area (Å²) in [5.74, 6) is 1.08. The molecule has 3 N–H and O–H groups in total. The van der Waals surface area contributed by atoms with Gasteiger partial charge in [0.2, 0.25) is 5.89 Å². The minimum absolute atomic E-state index is 0.0172. The zero-order valence-corrected chi connectivity index (χ0v) is 19.9. The van der Waals surface area contributed by atoms with Crippen LogP contribution in [0.3, 0.4) is 0 Å². The quantitative estimate of drug-likeness (QED) is 0.244. The fraction of sp³-hybridized carbons (Fsp3) is 0.192. The van der Waals surface area contributed by atoms with Crippen LogP contribution in [0.4, 0.5) is 5.69 Å². The van der Waals surface area contributed by atoms with Crippen molar-refractivity contribution in [2.75, 3.05) is 11.9 Å². The lowest BCUT2D eigenvalue weighted by Gasteiger charge is -2.12. The van der Waals surface area contributed by atoms with Crippen LogP contribution < -0.4 is 15.4 Å². The number of hydrogen-bond donors (Lipinski definition) is 3. The number of carbonyl (C=O) groups excluding carboxylic acids is 1. The van der Waals surface area contributed by atoms with E-state index in [1.165, 1.54) is 6.07 Å². The number of nitrogens with zero attached hydrogens (tertiary/aromatic N) is 1. The van der Waals surface area contributed by atoms with Crippen LogP contribution in [0, 0.1) is 12.8 Å². The molecule has 0 aliphatic carbocycles. The monoisotopic (exact) mass is 475 g/mol. The number of aromatic nitrogens is 1. The second-order valence-electron chi connectivity index (χ2n) is 8.36. The van der Waals surface area contributed by atoms with Crippen molar-refractivity contribution in [2.24, 2.45) is 5.92 Å². The summed E-state index contributed by atoms with van der Waals surface area (Å²) in [5, 5.41) is 16.1. The largest absolute Gasteiger partial charge is 0.507 e. The van der Waals surface area contributed by atoms with Crippen molar-refractivity contribution in [3.8, 4) is 23.0 Å². The number of amides is 1. The number of benzene rings is 3. The van der Waals surface area contributed by atoms with Gasteiger partial charge < -0.3 is 19.6 Å². The van der Waals surface area contributed by atoms with Gasteiger partial charge >= 0.3 is 0 Å². The molecule has 0 aliphatic rings. The summed E-state index contributed by atoms with van der Waals surface area (Å²) in [6.45, 7) is 6.72. The van der Waals surface area contributed by atoms with E-state index < -0.39 is 0 Å². The Morgan fingerprint density at radius 3 is 2.62 bits per heavy atom. The average molecular weight is 476 g/mol. The summed E-state index contributed by atoms with van der Waals surface area (Å²) in [6, 6.07) is 17.4. The van der Waals surface area contributed by atoms with Gasteiger partial charge in [0.15, 0.2) is 10.7 Å². The first-order valence-corrected chi connectivity index (χ1v) is 11.2. The maximum atomic E-state index is 12.5. The molecular formula is C26H25N3O4S. The molecule has 0 saturated carbocycles. The molecular weight excluding hydrogens is 450 g/mol. The molecule has 8 heteroatoms. The van der Waals surface area contributed by atoms with E-state index in [2.05, 4.69) is 29.5 Å². The SMILES string of the molecule is Cc1ccc2nc(-c3cc(NC(=S)NC(=O)c4ccc(OCC(C)C)cc4)ccc3O)oc2c1. The van der Waals surface area contributed by atoms with Crippen molar-refractivity contribution in [1.29, 1.82) is 0 Å². The Bertz CT molecular complexity index is 1350. The molecule has 34 heavy (non-hydrogen) atoms. The Morgan fingerprint density at radius 1 is 1.12 bits per heavy atom. The first-order chi connectivity index (χ1) is 16.3. The van der Waals surface area contributed by atoms with E-state index in [0.717, 1.165) is 5.56 Å². The number of aromatic hydroxyl groups is 1. The Hall–Kier alpha value is -3.91. The molecule has 4 aromatic rings. The van der Waals surface area contributed by atoms with Crippen molar-refractivity contribution < 1.29 is 19.1 Å². The number of rotatable bonds is 6. The smallest absolute Gasteiger partial charge is 0.257 e. The van der Waals surface area contributed by atoms with Crippen LogP contribution in [-0.4, -0.2) is 27.7 Å². The maximum Gasteiger partial charge on any atom is 0.257 e. The average Bonchev–Trinajstić information content (AvgIpc) is 3.22. The highest BCUT2D eigenvalue weighted by Gasteiger charge is 2.15. The summed E-state index contributed by atoms with van der Waals surface area (Å²) in [4.78, 5) is 17.0. The summed E-state index contributed by atoms with van der Waals surface area (Å²) in [7, 11) is 0. The molecule has 0 unspecified atom stereocenters. The van der Waals surface area contributed by atoms with E-state index in [9.17, 15) is 9.90 Å². The minimum Gasteiger partial charge on any atom is -0.507 e. The second-order valence-corrected chi connectivity index (χ2v) is 8.77. The van der Waals surface area contributed by atoms with Gasteiger partial charge in [0.25, 0.3) is 5.91 Å². The molecule has 0 aliphatic heterocycles. The first kappa shape index (κ1) is 23.3. The van der Waals surface area contributed by atoms with E-state index in [4.69, 9.17) is 21.4 Å².